The van der Waals surface area contributed by atoms with Crippen LogP contribution in [0.1, 0.15) is 30.1 Å². The summed E-state index contributed by atoms with van der Waals surface area (Å²) < 4.78 is 7.18. The van der Waals surface area contributed by atoms with Crippen LogP contribution in [0.2, 0.25) is 0 Å². The number of anilines is 1. The maximum Gasteiger partial charge on any atom is 0.129 e. The molecule has 1 saturated carbocycles. The van der Waals surface area contributed by atoms with Crippen LogP contribution in [0, 0.1) is 0 Å². The van der Waals surface area contributed by atoms with Crippen molar-refractivity contribution in [1.29, 1.82) is 0 Å². The second-order valence-electron chi connectivity index (χ2n) is 5.03. The van der Waals surface area contributed by atoms with Crippen LogP contribution in [0.5, 0.6) is 0 Å². The fourth-order valence-electron chi connectivity index (χ4n) is 2.14. The zero-order chi connectivity index (χ0) is 13.8. The van der Waals surface area contributed by atoms with Crippen molar-refractivity contribution in [2.24, 2.45) is 0 Å². The Morgan fingerprint density at radius 1 is 1.40 bits per heavy atom. The average Bonchev–Trinajstić information content (AvgIpc) is 3.24. The lowest BCUT2D eigenvalue weighted by molar-refractivity contribution is 0.186. The number of nitrogens with one attached hydrogen (secondary N) is 1. The molecule has 0 amide bonds. The SMILES string of the molecule is COCCn1cncc1CNc1cc(C2CC2)ncn1. The molecular weight excluding hydrogens is 254 g/mol. The summed E-state index contributed by atoms with van der Waals surface area (Å²) in [5.41, 5.74) is 2.27. The van der Waals surface area contributed by atoms with Gasteiger partial charge in [0.15, 0.2) is 0 Å². The fraction of sp³-hybridized carbons (Fsp3) is 0.500. The maximum absolute atomic E-state index is 5.09. The largest absolute Gasteiger partial charge is 0.383 e. The van der Waals surface area contributed by atoms with Gasteiger partial charge in [0.25, 0.3) is 0 Å². The Labute approximate surface area is 118 Å². The van der Waals surface area contributed by atoms with Crippen molar-refractivity contribution < 1.29 is 4.74 Å². The van der Waals surface area contributed by atoms with E-state index in [1.165, 1.54) is 12.8 Å². The zero-order valence-electron chi connectivity index (χ0n) is 11.6. The van der Waals surface area contributed by atoms with Crippen molar-refractivity contribution in [1.82, 2.24) is 19.5 Å². The molecule has 1 aliphatic carbocycles. The summed E-state index contributed by atoms with van der Waals surface area (Å²) in [5.74, 6) is 1.52. The van der Waals surface area contributed by atoms with E-state index in [0.29, 0.717) is 19.1 Å². The molecule has 2 heterocycles. The van der Waals surface area contributed by atoms with Crippen LogP contribution in [0.15, 0.2) is 24.9 Å². The lowest BCUT2D eigenvalue weighted by Gasteiger charge is -2.09. The van der Waals surface area contributed by atoms with Gasteiger partial charge >= 0.3 is 0 Å². The first kappa shape index (κ1) is 13.1. The van der Waals surface area contributed by atoms with Crippen LogP contribution >= 0.6 is 0 Å². The fourth-order valence-corrected chi connectivity index (χ4v) is 2.14. The average molecular weight is 273 g/mol. The standard InChI is InChI=1S/C14H19N5O/c1-20-5-4-19-10-15-7-12(19)8-16-14-6-13(11-2-3-11)17-9-18-14/h6-7,9-11H,2-5,8H2,1H3,(H,16,17,18). The summed E-state index contributed by atoms with van der Waals surface area (Å²) in [6.07, 6.45) is 7.83. The molecule has 1 fully saturated rings. The molecule has 106 valence electrons. The first-order chi connectivity index (χ1) is 9.86. The zero-order valence-corrected chi connectivity index (χ0v) is 11.6. The smallest absolute Gasteiger partial charge is 0.129 e. The predicted molar refractivity (Wildman–Crippen MR) is 75.4 cm³/mol. The summed E-state index contributed by atoms with van der Waals surface area (Å²) >= 11 is 0. The summed E-state index contributed by atoms with van der Waals surface area (Å²) in [6.45, 7) is 2.19. The highest BCUT2D eigenvalue weighted by Gasteiger charge is 2.25. The Kier molecular flexibility index (Phi) is 3.92. The number of ether oxygens (including phenoxy) is 1. The third-order valence-electron chi connectivity index (χ3n) is 3.47. The van der Waals surface area contributed by atoms with Crippen LogP contribution < -0.4 is 5.32 Å². The Balaban J connectivity index is 1.61. The van der Waals surface area contributed by atoms with Gasteiger partial charge < -0.3 is 14.6 Å². The number of hydrogen-bond acceptors (Lipinski definition) is 5. The van der Waals surface area contributed by atoms with E-state index < -0.39 is 0 Å². The minimum Gasteiger partial charge on any atom is -0.383 e. The molecule has 0 radical (unpaired) electrons. The van der Waals surface area contributed by atoms with Crippen molar-refractivity contribution in [3.63, 3.8) is 0 Å². The lowest BCUT2D eigenvalue weighted by Crippen LogP contribution is -2.10. The van der Waals surface area contributed by atoms with E-state index in [1.54, 1.807) is 13.4 Å². The molecule has 0 atom stereocenters. The van der Waals surface area contributed by atoms with Gasteiger partial charge in [-0.1, -0.05) is 0 Å². The molecular formula is C14H19N5O. The van der Waals surface area contributed by atoms with Gasteiger partial charge in [0.2, 0.25) is 0 Å². The molecule has 0 aliphatic heterocycles. The van der Waals surface area contributed by atoms with Crippen LogP contribution in [0.25, 0.3) is 0 Å². The summed E-state index contributed by atoms with van der Waals surface area (Å²) in [7, 11) is 1.70. The van der Waals surface area contributed by atoms with Gasteiger partial charge in [-0.15, -0.1) is 0 Å². The van der Waals surface area contributed by atoms with E-state index in [9.17, 15) is 0 Å². The third-order valence-corrected chi connectivity index (χ3v) is 3.47. The molecule has 3 rings (SSSR count). The van der Waals surface area contributed by atoms with E-state index in [2.05, 4.69) is 24.8 Å². The van der Waals surface area contributed by atoms with E-state index in [1.807, 2.05) is 18.6 Å². The van der Waals surface area contributed by atoms with Crippen LogP contribution in [0.3, 0.4) is 0 Å². The van der Waals surface area contributed by atoms with Crippen molar-refractivity contribution in [2.45, 2.75) is 31.8 Å². The number of rotatable bonds is 7. The van der Waals surface area contributed by atoms with E-state index in [-0.39, 0.29) is 0 Å². The molecule has 1 aliphatic rings. The Morgan fingerprint density at radius 2 is 2.30 bits per heavy atom. The molecule has 0 aromatic carbocycles. The summed E-state index contributed by atoms with van der Waals surface area (Å²) in [4.78, 5) is 12.8. The highest BCUT2D eigenvalue weighted by atomic mass is 16.5. The lowest BCUT2D eigenvalue weighted by atomic mass is 10.3. The van der Waals surface area contributed by atoms with Gasteiger partial charge in [-0.3, -0.25) is 0 Å². The van der Waals surface area contributed by atoms with Crippen molar-refractivity contribution >= 4 is 5.82 Å². The first-order valence-electron chi connectivity index (χ1n) is 6.90. The summed E-state index contributed by atoms with van der Waals surface area (Å²) in [5, 5.41) is 3.33. The van der Waals surface area contributed by atoms with Gasteiger partial charge in [0.05, 0.1) is 25.2 Å². The van der Waals surface area contributed by atoms with Gasteiger partial charge in [0.1, 0.15) is 12.1 Å². The number of imidazole rings is 1. The third kappa shape index (κ3) is 3.14. The number of methoxy groups -OCH3 is 1. The molecule has 0 spiro atoms. The highest BCUT2D eigenvalue weighted by Crippen LogP contribution is 2.39. The minimum absolute atomic E-state index is 0.644. The van der Waals surface area contributed by atoms with Gasteiger partial charge in [0, 0.05) is 37.5 Å². The van der Waals surface area contributed by atoms with Gasteiger partial charge in [-0.2, -0.15) is 0 Å². The molecule has 6 nitrogen and oxygen atoms in total. The molecule has 6 heteroatoms. The molecule has 0 unspecified atom stereocenters. The normalized spacial score (nSPS) is 14.4. The van der Waals surface area contributed by atoms with Crippen LogP contribution in [0.4, 0.5) is 5.82 Å². The molecule has 1 N–H and O–H groups in total. The minimum atomic E-state index is 0.644. The van der Waals surface area contributed by atoms with Gasteiger partial charge in [-0.05, 0) is 12.8 Å². The predicted octanol–water partition coefficient (Wildman–Crippen LogP) is 1.81. The second kappa shape index (κ2) is 6.00. The highest BCUT2D eigenvalue weighted by molar-refractivity contribution is 5.37. The number of nitrogens with zero attached hydrogens (tertiary/aromatic N) is 4. The van der Waals surface area contributed by atoms with Gasteiger partial charge in [-0.25, -0.2) is 15.0 Å². The first-order valence-corrected chi connectivity index (χ1v) is 6.90. The quantitative estimate of drug-likeness (QED) is 0.833. The van der Waals surface area contributed by atoms with Crippen LogP contribution in [-0.2, 0) is 17.8 Å². The maximum atomic E-state index is 5.09. The molecule has 2 aromatic heterocycles. The number of hydrogen-bond donors (Lipinski definition) is 1. The molecule has 20 heavy (non-hydrogen) atoms. The Morgan fingerprint density at radius 3 is 3.10 bits per heavy atom. The number of aromatic nitrogens is 4. The van der Waals surface area contributed by atoms with Crippen molar-refractivity contribution in [3.05, 3.63) is 36.3 Å². The second-order valence-corrected chi connectivity index (χ2v) is 5.03. The molecule has 2 aromatic rings. The van der Waals surface area contributed by atoms with E-state index in [0.717, 1.165) is 23.8 Å². The van der Waals surface area contributed by atoms with Crippen LogP contribution in [-0.4, -0.2) is 33.2 Å². The van der Waals surface area contributed by atoms with E-state index >= 15 is 0 Å². The Bertz CT molecular complexity index is 564. The van der Waals surface area contributed by atoms with E-state index in [4.69, 9.17) is 4.74 Å². The molecule has 0 bridgehead atoms. The monoisotopic (exact) mass is 273 g/mol. The van der Waals surface area contributed by atoms with Crippen molar-refractivity contribution in [3.8, 4) is 0 Å². The molecule has 0 saturated heterocycles. The van der Waals surface area contributed by atoms with Crippen molar-refractivity contribution in [2.75, 3.05) is 19.0 Å². The summed E-state index contributed by atoms with van der Waals surface area (Å²) in [6, 6.07) is 2.05. The topological polar surface area (TPSA) is 64.9 Å². The Hall–Kier alpha value is -1.95.